The fraction of sp³-hybridized carbons (Fsp3) is 0.346. The number of likely N-dealkylation sites (tertiary alicyclic amines) is 1. The van der Waals surface area contributed by atoms with Crippen LogP contribution in [0.2, 0.25) is 0 Å². The van der Waals surface area contributed by atoms with Crippen molar-refractivity contribution in [1.82, 2.24) is 30.0 Å². The third-order valence-electron chi connectivity index (χ3n) is 7.33. The maximum Gasteiger partial charge on any atom is 0.210 e. The van der Waals surface area contributed by atoms with Crippen molar-refractivity contribution in [3.63, 3.8) is 0 Å². The van der Waals surface area contributed by atoms with E-state index in [4.69, 9.17) is 4.98 Å². The Morgan fingerprint density at radius 3 is 2.97 bits per heavy atom. The van der Waals surface area contributed by atoms with E-state index in [1.165, 1.54) is 12.1 Å². The van der Waals surface area contributed by atoms with Crippen molar-refractivity contribution in [3.8, 4) is 28.4 Å². The Balaban J connectivity index is 1.31. The smallest absolute Gasteiger partial charge is 0.210 e. The predicted molar refractivity (Wildman–Crippen MR) is 130 cm³/mol. The summed E-state index contributed by atoms with van der Waals surface area (Å²) in [5, 5.41) is 18.3. The lowest BCUT2D eigenvalue weighted by Gasteiger charge is -2.35. The van der Waals surface area contributed by atoms with Gasteiger partial charge in [0, 0.05) is 31.4 Å². The van der Waals surface area contributed by atoms with Gasteiger partial charge in [0.05, 0.1) is 23.1 Å². The van der Waals surface area contributed by atoms with Crippen LogP contribution < -0.4 is 0 Å². The molecular formula is C26H27FN6O2. The Labute approximate surface area is 201 Å². The quantitative estimate of drug-likeness (QED) is 0.380. The van der Waals surface area contributed by atoms with Gasteiger partial charge in [-0.3, -0.25) is 14.8 Å². The van der Waals surface area contributed by atoms with E-state index < -0.39 is 5.82 Å². The third-order valence-corrected chi connectivity index (χ3v) is 7.33. The molecule has 0 aliphatic carbocycles. The van der Waals surface area contributed by atoms with Crippen LogP contribution in [0, 0.1) is 5.82 Å². The highest BCUT2D eigenvalue weighted by molar-refractivity contribution is 5.94. The molecular weight excluding hydrogens is 447 g/mol. The summed E-state index contributed by atoms with van der Waals surface area (Å²) < 4.78 is 14.1. The average molecular weight is 475 g/mol. The lowest BCUT2D eigenvalue weighted by atomic mass is 9.96. The van der Waals surface area contributed by atoms with E-state index in [1.807, 2.05) is 30.0 Å². The molecule has 0 radical (unpaired) electrons. The predicted octanol–water partition coefficient (Wildman–Crippen LogP) is 3.96. The van der Waals surface area contributed by atoms with Gasteiger partial charge in [-0.05, 0) is 60.2 Å². The normalized spacial score (nSPS) is 18.3. The minimum Gasteiger partial charge on any atom is -0.505 e. The van der Waals surface area contributed by atoms with Crippen molar-refractivity contribution in [2.75, 3.05) is 13.1 Å². The molecule has 3 N–H and O–H groups in total. The first-order valence-corrected chi connectivity index (χ1v) is 12.1. The van der Waals surface area contributed by atoms with Crippen LogP contribution >= 0.6 is 0 Å². The molecule has 1 atom stereocenters. The molecule has 4 aromatic rings. The van der Waals surface area contributed by atoms with E-state index in [9.17, 15) is 14.3 Å². The lowest BCUT2D eigenvalue weighted by molar-refractivity contribution is -0.122. The van der Waals surface area contributed by atoms with Gasteiger partial charge in [0.15, 0.2) is 17.4 Å². The molecule has 2 aromatic carbocycles. The topological polar surface area (TPSA) is 101 Å². The Morgan fingerprint density at radius 1 is 1.26 bits per heavy atom. The largest absolute Gasteiger partial charge is 0.505 e. The molecule has 0 bridgehead atoms. The van der Waals surface area contributed by atoms with Gasteiger partial charge in [0.1, 0.15) is 5.69 Å². The van der Waals surface area contributed by atoms with Crippen LogP contribution in [0.3, 0.4) is 0 Å². The van der Waals surface area contributed by atoms with Crippen molar-refractivity contribution in [1.29, 1.82) is 0 Å². The molecule has 35 heavy (non-hydrogen) atoms. The summed E-state index contributed by atoms with van der Waals surface area (Å²) in [6.45, 7) is 4.41. The van der Waals surface area contributed by atoms with Gasteiger partial charge in [-0.15, -0.1) is 0 Å². The summed E-state index contributed by atoms with van der Waals surface area (Å²) in [7, 11) is 0. The second-order valence-corrected chi connectivity index (χ2v) is 9.34. The molecule has 1 unspecified atom stereocenters. The van der Waals surface area contributed by atoms with E-state index in [1.54, 1.807) is 0 Å². The number of aromatic hydroxyl groups is 1. The Kier molecular flexibility index (Phi) is 5.29. The number of nitrogens with one attached hydrogen (secondary N) is 2. The summed E-state index contributed by atoms with van der Waals surface area (Å²) >= 11 is 0. The van der Waals surface area contributed by atoms with Crippen molar-refractivity contribution < 1.29 is 14.3 Å². The molecule has 2 aromatic heterocycles. The van der Waals surface area contributed by atoms with Crippen molar-refractivity contribution in [2.45, 2.75) is 45.3 Å². The van der Waals surface area contributed by atoms with E-state index in [0.717, 1.165) is 95.8 Å². The maximum absolute atomic E-state index is 14.1. The fourth-order valence-corrected chi connectivity index (χ4v) is 5.50. The molecule has 0 saturated carbocycles. The van der Waals surface area contributed by atoms with Crippen LogP contribution in [0.1, 0.15) is 36.7 Å². The number of amides is 1. The molecule has 2 aliphatic rings. The van der Waals surface area contributed by atoms with Gasteiger partial charge in [-0.25, -0.2) is 9.37 Å². The number of carbonyl (C=O) groups excluding carboxylic acids is 1. The van der Waals surface area contributed by atoms with Crippen LogP contribution in [0.5, 0.6) is 5.75 Å². The number of imidazole rings is 1. The second-order valence-electron chi connectivity index (χ2n) is 9.34. The minimum absolute atomic E-state index is 0.162. The highest BCUT2D eigenvalue weighted by atomic mass is 19.1. The number of hydrogen-bond acceptors (Lipinski definition) is 5. The average Bonchev–Trinajstić information content (AvgIpc) is 3.61. The van der Waals surface area contributed by atoms with Gasteiger partial charge in [-0.1, -0.05) is 13.0 Å². The standard InChI is InChI=1S/C26H27FN6O2/c1-2-15-11-23(35)19(27)12-18(15)16-5-6-17-21(10-16)30-31-25(17)26-28-20-7-9-32(13-22(20)29-26)24-4-3-8-33(24)14-34/h5-6,10-12,14,24,35H,2-4,7-9,13H2,1H3,(H,28,29)(H,30,31). The van der Waals surface area contributed by atoms with E-state index in [-0.39, 0.29) is 11.9 Å². The van der Waals surface area contributed by atoms with Crippen LogP contribution in [0.4, 0.5) is 4.39 Å². The van der Waals surface area contributed by atoms with E-state index in [2.05, 4.69) is 20.1 Å². The lowest BCUT2D eigenvalue weighted by Crippen LogP contribution is -2.46. The molecule has 8 nitrogen and oxygen atoms in total. The molecule has 1 saturated heterocycles. The number of rotatable bonds is 5. The number of aromatic amines is 2. The van der Waals surface area contributed by atoms with Crippen molar-refractivity contribution in [3.05, 3.63) is 53.1 Å². The highest BCUT2D eigenvalue weighted by Crippen LogP contribution is 2.34. The number of hydrogen-bond donors (Lipinski definition) is 3. The molecule has 9 heteroatoms. The number of nitrogens with zero attached hydrogens (tertiary/aromatic N) is 4. The number of H-pyrrole nitrogens is 2. The van der Waals surface area contributed by atoms with Crippen LogP contribution in [0.25, 0.3) is 33.5 Å². The van der Waals surface area contributed by atoms with Crippen molar-refractivity contribution >= 4 is 17.3 Å². The van der Waals surface area contributed by atoms with Crippen LogP contribution in [-0.2, 0) is 24.2 Å². The fourth-order valence-electron chi connectivity index (χ4n) is 5.50. The summed E-state index contributed by atoms with van der Waals surface area (Å²) in [4.78, 5) is 24.0. The van der Waals surface area contributed by atoms with Crippen LogP contribution in [0.15, 0.2) is 30.3 Å². The molecule has 6 rings (SSSR count). The summed E-state index contributed by atoms with van der Waals surface area (Å²) in [6, 6.07) is 8.75. The van der Waals surface area contributed by atoms with Gasteiger partial charge >= 0.3 is 0 Å². The Bertz CT molecular complexity index is 1430. The first kappa shape index (κ1) is 21.8. The molecule has 1 amide bonds. The number of phenols is 1. The zero-order chi connectivity index (χ0) is 24.1. The summed E-state index contributed by atoms with van der Waals surface area (Å²) in [5.41, 5.74) is 6.18. The SMILES string of the molecule is CCc1cc(O)c(F)cc1-c1ccc2c(-c3nc4c([nH]3)CN(C3CCCN3C=O)CC4)n[nH]c2c1. The third kappa shape index (κ3) is 3.67. The number of aromatic nitrogens is 4. The molecule has 4 heterocycles. The number of benzene rings is 2. The first-order valence-electron chi connectivity index (χ1n) is 12.1. The molecule has 2 aliphatic heterocycles. The zero-order valence-electron chi connectivity index (χ0n) is 19.5. The monoisotopic (exact) mass is 474 g/mol. The Hall–Kier alpha value is -3.72. The first-order chi connectivity index (χ1) is 17.1. The molecule has 1 fully saturated rings. The zero-order valence-corrected chi connectivity index (χ0v) is 19.5. The minimum atomic E-state index is -0.633. The van der Waals surface area contributed by atoms with E-state index >= 15 is 0 Å². The Morgan fingerprint density at radius 2 is 2.14 bits per heavy atom. The number of carbonyl (C=O) groups is 1. The number of phenolic OH excluding ortho intramolecular Hbond substituents is 1. The number of aryl methyl sites for hydroxylation is 1. The second kappa shape index (κ2) is 8.49. The number of fused-ring (bicyclic) bond motifs is 2. The van der Waals surface area contributed by atoms with Gasteiger partial charge in [0.2, 0.25) is 6.41 Å². The van der Waals surface area contributed by atoms with Crippen molar-refractivity contribution in [2.24, 2.45) is 0 Å². The highest BCUT2D eigenvalue weighted by Gasteiger charge is 2.32. The maximum atomic E-state index is 14.1. The van der Waals surface area contributed by atoms with Crippen LogP contribution in [-0.4, -0.2) is 60.7 Å². The van der Waals surface area contributed by atoms with E-state index in [0.29, 0.717) is 6.42 Å². The summed E-state index contributed by atoms with van der Waals surface area (Å²) in [5.74, 6) is -0.242. The van der Waals surface area contributed by atoms with Gasteiger partial charge < -0.3 is 15.0 Å². The van der Waals surface area contributed by atoms with Gasteiger partial charge in [0.25, 0.3) is 0 Å². The molecule has 180 valence electrons. The molecule has 0 spiro atoms. The van der Waals surface area contributed by atoms with Gasteiger partial charge in [-0.2, -0.15) is 5.10 Å². The summed E-state index contributed by atoms with van der Waals surface area (Å²) in [6.07, 6.45) is 4.68. The number of halogens is 1.